The van der Waals surface area contributed by atoms with Crippen LogP contribution in [0, 0.1) is 21.7 Å². The topological polar surface area (TPSA) is 58.4 Å². The number of rotatable bonds is 4. The summed E-state index contributed by atoms with van der Waals surface area (Å²) in [5.74, 6) is -1.93. The lowest BCUT2D eigenvalue weighted by molar-refractivity contribution is -0.387. The van der Waals surface area contributed by atoms with E-state index < -0.39 is 22.2 Å². The van der Waals surface area contributed by atoms with Gasteiger partial charge in [-0.2, -0.15) is 4.39 Å². The lowest BCUT2D eigenvalue weighted by Crippen LogP contribution is -2.51. The van der Waals surface area contributed by atoms with Gasteiger partial charge < -0.3 is 0 Å². The molecule has 1 aliphatic rings. The predicted octanol–water partition coefficient (Wildman–Crippen LogP) is 3.14. The van der Waals surface area contributed by atoms with Gasteiger partial charge in [-0.05, 0) is 26.7 Å². The molecule has 1 saturated heterocycles. The largest absolute Gasteiger partial charge is 0.305 e. The molecular formula is C14H19F2N3O2. The molecule has 2 atom stereocenters. The van der Waals surface area contributed by atoms with Crippen molar-refractivity contribution < 1.29 is 13.7 Å². The Morgan fingerprint density at radius 3 is 2.48 bits per heavy atom. The van der Waals surface area contributed by atoms with Gasteiger partial charge in [0.25, 0.3) is 0 Å². The number of nitrogens with one attached hydrogen (secondary N) is 1. The highest BCUT2D eigenvalue weighted by Gasteiger charge is 2.25. The minimum Gasteiger partial charge on any atom is -0.258 e. The summed E-state index contributed by atoms with van der Waals surface area (Å²) in [5.41, 5.74) is 2.50. The fraction of sp³-hybridized carbons (Fsp3) is 0.571. The first kappa shape index (κ1) is 15.8. The molecule has 0 aromatic heterocycles. The van der Waals surface area contributed by atoms with Crippen LogP contribution >= 0.6 is 0 Å². The van der Waals surface area contributed by atoms with Crippen molar-refractivity contribution in [1.29, 1.82) is 0 Å². The number of hydrazine groups is 1. The van der Waals surface area contributed by atoms with Crippen LogP contribution in [-0.4, -0.2) is 22.0 Å². The maximum atomic E-state index is 13.7. The van der Waals surface area contributed by atoms with Gasteiger partial charge in [0, 0.05) is 36.3 Å². The zero-order valence-electron chi connectivity index (χ0n) is 12.1. The summed E-state index contributed by atoms with van der Waals surface area (Å²) < 4.78 is 27.0. The summed E-state index contributed by atoms with van der Waals surface area (Å²) in [4.78, 5) is 9.86. The average Bonchev–Trinajstić information content (AvgIpc) is 2.39. The first-order valence-electron chi connectivity index (χ1n) is 7.04. The molecule has 2 rings (SSSR count). The first-order chi connectivity index (χ1) is 9.90. The monoisotopic (exact) mass is 299 g/mol. The van der Waals surface area contributed by atoms with Gasteiger partial charge in [-0.15, -0.1) is 0 Å². The minimum absolute atomic E-state index is 0.0908. The van der Waals surface area contributed by atoms with Gasteiger partial charge >= 0.3 is 5.69 Å². The first-order valence-corrected chi connectivity index (χ1v) is 7.04. The smallest absolute Gasteiger partial charge is 0.258 e. The minimum atomic E-state index is -1.15. The van der Waals surface area contributed by atoms with Crippen LogP contribution in [0.15, 0.2) is 12.1 Å². The molecule has 1 aromatic rings. The van der Waals surface area contributed by atoms with Crippen LogP contribution in [0.25, 0.3) is 0 Å². The third kappa shape index (κ3) is 3.54. The lowest BCUT2D eigenvalue weighted by Gasteiger charge is -2.39. The molecule has 0 radical (unpaired) electrons. The highest BCUT2D eigenvalue weighted by atomic mass is 19.1. The number of benzene rings is 1. The zero-order chi connectivity index (χ0) is 15.6. The third-order valence-electron chi connectivity index (χ3n) is 3.96. The summed E-state index contributed by atoms with van der Waals surface area (Å²) in [6.45, 7) is 4.25. The second-order valence-electron chi connectivity index (χ2n) is 5.52. The molecular weight excluding hydrogens is 280 g/mol. The highest BCUT2D eigenvalue weighted by Crippen LogP contribution is 2.23. The molecule has 7 heteroatoms. The molecule has 21 heavy (non-hydrogen) atoms. The van der Waals surface area contributed by atoms with Crippen LogP contribution in [-0.2, 0) is 6.54 Å². The van der Waals surface area contributed by atoms with Crippen molar-refractivity contribution in [2.24, 2.45) is 0 Å². The van der Waals surface area contributed by atoms with E-state index in [0.717, 1.165) is 25.3 Å². The van der Waals surface area contributed by atoms with Crippen molar-refractivity contribution in [3.05, 3.63) is 39.4 Å². The van der Waals surface area contributed by atoms with E-state index in [2.05, 4.69) is 19.3 Å². The van der Waals surface area contributed by atoms with Crippen LogP contribution in [0.5, 0.6) is 0 Å². The molecule has 1 N–H and O–H groups in total. The Morgan fingerprint density at radius 2 is 1.90 bits per heavy atom. The van der Waals surface area contributed by atoms with Gasteiger partial charge in [-0.25, -0.2) is 9.40 Å². The SMILES string of the molecule is CC1CCCC(C)N1NCc1cc([N+](=O)[O-])c(F)cc1F. The van der Waals surface area contributed by atoms with Crippen molar-refractivity contribution in [3.8, 4) is 0 Å². The van der Waals surface area contributed by atoms with Gasteiger partial charge in [0.15, 0.2) is 0 Å². The van der Waals surface area contributed by atoms with Crippen molar-refractivity contribution in [3.63, 3.8) is 0 Å². The fourth-order valence-electron chi connectivity index (χ4n) is 2.77. The van der Waals surface area contributed by atoms with Crippen LogP contribution in [0.2, 0.25) is 0 Å². The van der Waals surface area contributed by atoms with Crippen LogP contribution < -0.4 is 5.43 Å². The normalized spacial score (nSPS) is 23.2. The molecule has 5 nitrogen and oxygen atoms in total. The summed E-state index contributed by atoms with van der Waals surface area (Å²) in [6.07, 6.45) is 3.24. The van der Waals surface area contributed by atoms with E-state index in [4.69, 9.17) is 0 Å². The summed E-state index contributed by atoms with van der Waals surface area (Å²) in [6, 6.07) is 2.15. The van der Waals surface area contributed by atoms with Crippen molar-refractivity contribution >= 4 is 5.69 Å². The molecule has 1 aromatic carbocycles. The molecule has 1 aliphatic heterocycles. The van der Waals surface area contributed by atoms with Crippen LogP contribution in [0.3, 0.4) is 0 Å². The van der Waals surface area contributed by atoms with Gasteiger partial charge in [0.05, 0.1) is 4.92 Å². The molecule has 0 saturated carbocycles. The number of piperidine rings is 1. The second-order valence-corrected chi connectivity index (χ2v) is 5.52. The van der Waals surface area contributed by atoms with E-state index in [9.17, 15) is 18.9 Å². The fourth-order valence-corrected chi connectivity index (χ4v) is 2.77. The van der Waals surface area contributed by atoms with Gasteiger partial charge in [-0.1, -0.05) is 6.42 Å². The van der Waals surface area contributed by atoms with Crippen LogP contribution in [0.1, 0.15) is 38.7 Å². The lowest BCUT2D eigenvalue weighted by atomic mass is 10.00. The Morgan fingerprint density at radius 1 is 1.29 bits per heavy atom. The molecule has 0 amide bonds. The summed E-state index contributed by atoms with van der Waals surface area (Å²) >= 11 is 0. The third-order valence-corrected chi connectivity index (χ3v) is 3.96. The molecule has 2 unspecified atom stereocenters. The Balaban J connectivity index is 2.12. The Labute approximate surface area is 122 Å². The van der Waals surface area contributed by atoms with E-state index in [0.29, 0.717) is 18.2 Å². The maximum Gasteiger partial charge on any atom is 0.305 e. The molecule has 0 spiro atoms. The number of hydrogen-bond donors (Lipinski definition) is 1. The summed E-state index contributed by atoms with van der Waals surface area (Å²) in [7, 11) is 0. The second kappa shape index (κ2) is 6.44. The van der Waals surface area contributed by atoms with Gasteiger partial charge in [0.1, 0.15) is 5.82 Å². The van der Waals surface area contributed by atoms with Crippen molar-refractivity contribution in [2.75, 3.05) is 0 Å². The Bertz CT molecular complexity index is 529. The van der Waals surface area contributed by atoms with Crippen molar-refractivity contribution in [2.45, 2.75) is 51.7 Å². The summed E-state index contributed by atoms with van der Waals surface area (Å²) in [5, 5.41) is 12.7. The quantitative estimate of drug-likeness (QED) is 0.685. The molecule has 116 valence electrons. The molecule has 0 aliphatic carbocycles. The predicted molar refractivity (Wildman–Crippen MR) is 74.5 cm³/mol. The number of hydrogen-bond acceptors (Lipinski definition) is 4. The zero-order valence-corrected chi connectivity index (χ0v) is 12.1. The number of halogens is 2. The number of nitro groups is 1. The molecule has 0 bridgehead atoms. The average molecular weight is 299 g/mol. The van der Waals surface area contributed by atoms with Gasteiger partial charge in [0.2, 0.25) is 5.82 Å². The van der Waals surface area contributed by atoms with E-state index >= 15 is 0 Å². The molecule has 1 heterocycles. The van der Waals surface area contributed by atoms with E-state index in [1.165, 1.54) is 0 Å². The maximum absolute atomic E-state index is 13.7. The highest BCUT2D eigenvalue weighted by molar-refractivity contribution is 5.37. The van der Waals surface area contributed by atoms with E-state index in [1.54, 1.807) is 0 Å². The Kier molecular flexibility index (Phi) is 4.84. The van der Waals surface area contributed by atoms with Crippen molar-refractivity contribution in [1.82, 2.24) is 10.4 Å². The Hall–Kier alpha value is -1.60. The number of nitro benzene ring substituents is 1. The van der Waals surface area contributed by atoms with E-state index in [-0.39, 0.29) is 12.1 Å². The van der Waals surface area contributed by atoms with E-state index in [1.807, 2.05) is 5.01 Å². The molecule has 1 fully saturated rings. The standard InChI is InChI=1S/C14H19F2N3O2/c1-9-4-3-5-10(2)18(9)17-8-11-6-14(19(20)21)13(16)7-12(11)15/h6-7,9-10,17H,3-5,8H2,1-2H3. The van der Waals surface area contributed by atoms with Gasteiger partial charge in [-0.3, -0.25) is 15.5 Å². The number of nitrogens with zero attached hydrogens (tertiary/aromatic N) is 2. The van der Waals surface area contributed by atoms with Crippen LogP contribution in [0.4, 0.5) is 14.5 Å².